The minimum atomic E-state index is -0.565. The van der Waals surface area contributed by atoms with Crippen LogP contribution in [0.25, 0.3) is 11.4 Å². The highest BCUT2D eigenvalue weighted by molar-refractivity contribution is 5.59. The molecule has 0 unspecified atom stereocenters. The molecule has 5 heteroatoms. The Balaban J connectivity index is 2.20. The number of H-pyrrole nitrogens is 1. The molecule has 0 spiro atoms. The van der Waals surface area contributed by atoms with Crippen LogP contribution < -0.4 is 11.1 Å². The maximum Gasteiger partial charge on any atom is 0.439 e. The molecular weight excluding hydrogens is 206 g/mol. The van der Waals surface area contributed by atoms with Gasteiger partial charge in [0.05, 0.1) is 6.54 Å². The van der Waals surface area contributed by atoms with Crippen LogP contribution in [0.4, 0.5) is 5.69 Å². The van der Waals surface area contributed by atoms with E-state index < -0.39 is 5.76 Å². The fourth-order valence-electron chi connectivity index (χ4n) is 1.25. The molecule has 0 aliphatic heterocycles. The van der Waals surface area contributed by atoms with Crippen molar-refractivity contribution in [2.45, 2.75) is 0 Å². The van der Waals surface area contributed by atoms with Gasteiger partial charge in [0.1, 0.15) is 0 Å². The number of aromatic nitrogens is 2. The summed E-state index contributed by atoms with van der Waals surface area (Å²) in [6.07, 6.45) is 5.13. The zero-order valence-electron chi connectivity index (χ0n) is 8.36. The molecule has 16 heavy (non-hydrogen) atoms. The van der Waals surface area contributed by atoms with Crippen molar-refractivity contribution in [2.75, 3.05) is 11.9 Å². The van der Waals surface area contributed by atoms with Crippen molar-refractivity contribution in [1.82, 2.24) is 10.1 Å². The average Bonchev–Trinajstić information content (AvgIpc) is 2.74. The number of hydrogen-bond donors (Lipinski definition) is 2. The molecule has 0 amide bonds. The second-order valence-corrected chi connectivity index (χ2v) is 3.08. The van der Waals surface area contributed by atoms with Crippen molar-refractivity contribution >= 4 is 5.69 Å². The number of anilines is 1. The highest BCUT2D eigenvalue weighted by Crippen LogP contribution is 2.16. The van der Waals surface area contributed by atoms with Gasteiger partial charge >= 0.3 is 5.76 Å². The predicted octanol–water partition coefficient (Wildman–Crippen LogP) is 1.07. The quantitative estimate of drug-likeness (QED) is 0.751. The molecule has 0 saturated heterocycles. The van der Waals surface area contributed by atoms with E-state index in [0.717, 1.165) is 11.3 Å². The van der Waals surface area contributed by atoms with Gasteiger partial charge in [-0.1, -0.05) is 11.1 Å². The Morgan fingerprint density at radius 2 is 2.19 bits per heavy atom. The van der Waals surface area contributed by atoms with Crippen LogP contribution in [0, 0.1) is 12.3 Å². The van der Waals surface area contributed by atoms with Gasteiger partial charge in [-0.25, -0.2) is 4.79 Å². The van der Waals surface area contributed by atoms with Crippen molar-refractivity contribution in [2.24, 2.45) is 0 Å². The lowest BCUT2D eigenvalue weighted by atomic mass is 10.2. The van der Waals surface area contributed by atoms with E-state index in [4.69, 9.17) is 6.42 Å². The lowest BCUT2D eigenvalue weighted by molar-refractivity contribution is 0.388. The van der Waals surface area contributed by atoms with Gasteiger partial charge in [-0.2, -0.15) is 0 Å². The molecule has 0 aliphatic rings. The van der Waals surface area contributed by atoms with Crippen LogP contribution in [0.5, 0.6) is 0 Å². The summed E-state index contributed by atoms with van der Waals surface area (Å²) >= 11 is 0. The molecule has 80 valence electrons. The first-order valence-corrected chi connectivity index (χ1v) is 4.63. The van der Waals surface area contributed by atoms with Crippen LogP contribution >= 0.6 is 0 Å². The Kier molecular flexibility index (Phi) is 2.74. The van der Waals surface area contributed by atoms with Gasteiger partial charge in [0, 0.05) is 11.3 Å². The number of terminal acetylenes is 1. The maximum absolute atomic E-state index is 10.8. The second-order valence-electron chi connectivity index (χ2n) is 3.08. The number of nitrogens with one attached hydrogen (secondary N) is 2. The van der Waals surface area contributed by atoms with Crippen LogP contribution in [-0.4, -0.2) is 16.7 Å². The molecule has 5 nitrogen and oxygen atoms in total. The van der Waals surface area contributed by atoms with E-state index in [2.05, 4.69) is 25.9 Å². The fraction of sp³-hybridized carbons (Fsp3) is 0.0909. The molecule has 1 aromatic heterocycles. The molecule has 0 radical (unpaired) electrons. The minimum Gasteiger partial charge on any atom is -0.374 e. The summed E-state index contributed by atoms with van der Waals surface area (Å²) in [5, 5.41) is 6.61. The molecule has 2 aromatic rings. The zero-order valence-corrected chi connectivity index (χ0v) is 8.36. The fourth-order valence-corrected chi connectivity index (χ4v) is 1.25. The molecule has 0 aliphatic carbocycles. The van der Waals surface area contributed by atoms with Crippen molar-refractivity contribution in [3.8, 4) is 23.7 Å². The highest BCUT2D eigenvalue weighted by Gasteiger charge is 2.03. The summed E-state index contributed by atoms with van der Waals surface area (Å²) in [6.45, 7) is 0.472. The van der Waals surface area contributed by atoms with Gasteiger partial charge in [0.15, 0.2) is 5.82 Å². The van der Waals surface area contributed by atoms with E-state index >= 15 is 0 Å². The van der Waals surface area contributed by atoms with Crippen molar-refractivity contribution in [3.05, 3.63) is 34.8 Å². The summed E-state index contributed by atoms with van der Waals surface area (Å²) < 4.78 is 4.41. The first kappa shape index (κ1) is 10.1. The molecule has 2 N–H and O–H groups in total. The topological polar surface area (TPSA) is 70.9 Å². The minimum absolute atomic E-state index is 0.411. The van der Waals surface area contributed by atoms with E-state index in [-0.39, 0.29) is 0 Å². The summed E-state index contributed by atoms with van der Waals surface area (Å²) in [5.41, 5.74) is 1.68. The van der Waals surface area contributed by atoms with Crippen LogP contribution in [0.15, 0.2) is 33.6 Å². The van der Waals surface area contributed by atoms with Gasteiger partial charge in [-0.3, -0.25) is 9.51 Å². The SMILES string of the molecule is C#CCNc1ccc(-c2noc(=O)[nH]2)cc1. The van der Waals surface area contributed by atoms with Crippen LogP contribution in [-0.2, 0) is 0 Å². The first-order chi connectivity index (χ1) is 7.79. The smallest absolute Gasteiger partial charge is 0.374 e. The Hall–Kier alpha value is -2.48. The van der Waals surface area contributed by atoms with E-state index in [1.807, 2.05) is 24.3 Å². The predicted molar refractivity (Wildman–Crippen MR) is 59.9 cm³/mol. The third-order valence-corrected chi connectivity index (χ3v) is 1.99. The van der Waals surface area contributed by atoms with Crippen LogP contribution in [0.2, 0.25) is 0 Å². The van der Waals surface area contributed by atoms with Crippen LogP contribution in [0.3, 0.4) is 0 Å². The molecule has 0 saturated carbocycles. The lowest BCUT2D eigenvalue weighted by Crippen LogP contribution is -1.98. The summed E-state index contributed by atoms with van der Waals surface area (Å²) in [7, 11) is 0. The van der Waals surface area contributed by atoms with Crippen LogP contribution in [0.1, 0.15) is 0 Å². The Bertz CT molecular complexity index is 560. The number of benzene rings is 1. The van der Waals surface area contributed by atoms with E-state index in [9.17, 15) is 4.79 Å². The summed E-state index contributed by atoms with van der Waals surface area (Å²) in [4.78, 5) is 13.2. The number of aromatic amines is 1. The Labute approximate surface area is 91.5 Å². The van der Waals surface area contributed by atoms with E-state index in [0.29, 0.717) is 12.4 Å². The van der Waals surface area contributed by atoms with Gasteiger partial charge in [0.25, 0.3) is 0 Å². The zero-order chi connectivity index (χ0) is 11.4. The molecule has 0 bridgehead atoms. The number of rotatable bonds is 3. The molecular formula is C11H9N3O2. The lowest BCUT2D eigenvalue weighted by Gasteiger charge is -2.02. The third-order valence-electron chi connectivity index (χ3n) is 1.99. The van der Waals surface area contributed by atoms with Gasteiger partial charge < -0.3 is 5.32 Å². The monoisotopic (exact) mass is 215 g/mol. The summed E-state index contributed by atoms with van der Waals surface area (Å²) in [6, 6.07) is 7.32. The maximum atomic E-state index is 10.8. The molecule has 1 heterocycles. The molecule has 0 atom stereocenters. The van der Waals surface area contributed by atoms with Crippen molar-refractivity contribution in [3.63, 3.8) is 0 Å². The van der Waals surface area contributed by atoms with Crippen molar-refractivity contribution < 1.29 is 4.52 Å². The highest BCUT2D eigenvalue weighted by atomic mass is 16.5. The van der Waals surface area contributed by atoms with Crippen molar-refractivity contribution in [1.29, 1.82) is 0 Å². The van der Waals surface area contributed by atoms with Gasteiger partial charge in [0.2, 0.25) is 0 Å². The summed E-state index contributed by atoms with van der Waals surface area (Å²) in [5.74, 6) is 2.33. The van der Waals surface area contributed by atoms with Gasteiger partial charge in [-0.15, -0.1) is 6.42 Å². The molecule has 2 rings (SSSR count). The Morgan fingerprint density at radius 1 is 1.44 bits per heavy atom. The second kappa shape index (κ2) is 4.36. The molecule has 1 aromatic carbocycles. The normalized spacial score (nSPS) is 9.69. The first-order valence-electron chi connectivity index (χ1n) is 4.63. The molecule has 0 fully saturated rings. The average molecular weight is 215 g/mol. The van der Waals surface area contributed by atoms with Gasteiger partial charge in [-0.05, 0) is 24.3 Å². The third kappa shape index (κ3) is 2.12. The largest absolute Gasteiger partial charge is 0.439 e. The Morgan fingerprint density at radius 3 is 2.75 bits per heavy atom. The van der Waals surface area contributed by atoms with E-state index in [1.165, 1.54) is 0 Å². The standard InChI is InChI=1S/C11H9N3O2/c1-2-7-12-9-5-3-8(4-6-9)10-13-11(15)16-14-10/h1,3-6,12H,7H2,(H,13,14,15). The van der Waals surface area contributed by atoms with E-state index in [1.54, 1.807) is 0 Å². The number of nitrogens with zero attached hydrogens (tertiary/aromatic N) is 1. The number of hydrogen-bond acceptors (Lipinski definition) is 4.